The molecule has 0 spiro atoms. The second-order valence-corrected chi connectivity index (χ2v) is 7.30. The third-order valence-corrected chi connectivity index (χ3v) is 5.38. The van der Waals surface area contributed by atoms with Gasteiger partial charge in [0, 0.05) is 35.8 Å². The van der Waals surface area contributed by atoms with Crippen molar-refractivity contribution in [2.45, 2.75) is 5.92 Å². The van der Waals surface area contributed by atoms with Gasteiger partial charge in [0.2, 0.25) is 5.91 Å². The molecule has 1 aliphatic rings. The number of pyridine rings is 1. The molecule has 1 saturated heterocycles. The highest BCUT2D eigenvalue weighted by Gasteiger charge is 2.29. The maximum Gasteiger partial charge on any atom is 0.247 e. The Kier molecular flexibility index (Phi) is 4.69. The van der Waals surface area contributed by atoms with Gasteiger partial charge in [0.1, 0.15) is 0 Å². The Balaban J connectivity index is 1.45. The molecule has 1 fully saturated rings. The van der Waals surface area contributed by atoms with Crippen LogP contribution in [0.15, 0.2) is 78.6 Å². The molecule has 0 bridgehead atoms. The molecule has 2 N–H and O–H groups in total. The fourth-order valence-corrected chi connectivity index (χ4v) is 3.82. The largest absolute Gasteiger partial charge is 0.351 e. The van der Waals surface area contributed by atoms with Crippen LogP contribution in [0.2, 0.25) is 0 Å². The molecule has 30 heavy (non-hydrogen) atoms. The van der Waals surface area contributed by atoms with Crippen LogP contribution in [-0.4, -0.2) is 27.6 Å². The molecule has 1 atom stereocenters. The molecule has 1 unspecified atom stereocenters. The lowest BCUT2D eigenvalue weighted by Gasteiger charge is -2.10. The minimum Gasteiger partial charge on any atom is -0.351 e. The van der Waals surface area contributed by atoms with Crippen LogP contribution in [0.3, 0.4) is 0 Å². The number of aromatic nitrogens is 3. The molecule has 1 aliphatic heterocycles. The van der Waals surface area contributed by atoms with Gasteiger partial charge in [-0.1, -0.05) is 42.5 Å². The number of amides is 1. The Morgan fingerprint density at radius 2 is 1.77 bits per heavy atom. The SMILES string of the molecule is O=C1NCC(c2ccccc2)/C1=C\c1ccc2c(/C=C/c3ccncc3)n[nH]c2c1. The highest BCUT2D eigenvalue weighted by Crippen LogP contribution is 2.30. The Labute approximate surface area is 174 Å². The molecule has 3 heterocycles. The van der Waals surface area contributed by atoms with Crippen LogP contribution in [-0.2, 0) is 4.79 Å². The van der Waals surface area contributed by atoms with Crippen LogP contribution in [0, 0.1) is 0 Å². The average molecular weight is 392 g/mol. The van der Waals surface area contributed by atoms with E-state index < -0.39 is 0 Å². The maximum atomic E-state index is 12.4. The van der Waals surface area contributed by atoms with E-state index in [-0.39, 0.29) is 11.8 Å². The van der Waals surface area contributed by atoms with Gasteiger partial charge in [0.25, 0.3) is 0 Å². The number of carbonyl (C=O) groups is 1. The van der Waals surface area contributed by atoms with E-state index in [1.807, 2.05) is 66.8 Å². The molecule has 0 aliphatic carbocycles. The van der Waals surface area contributed by atoms with Crippen LogP contribution in [0.25, 0.3) is 29.1 Å². The summed E-state index contributed by atoms with van der Waals surface area (Å²) in [6, 6.07) is 20.1. The van der Waals surface area contributed by atoms with Crippen LogP contribution in [0.5, 0.6) is 0 Å². The molecule has 1 amide bonds. The van der Waals surface area contributed by atoms with Crippen molar-refractivity contribution in [2.75, 3.05) is 6.54 Å². The fourth-order valence-electron chi connectivity index (χ4n) is 3.82. The topological polar surface area (TPSA) is 70.7 Å². The Bertz CT molecular complexity index is 1260. The van der Waals surface area contributed by atoms with Gasteiger partial charge in [-0.05, 0) is 53.1 Å². The van der Waals surface area contributed by atoms with E-state index in [0.29, 0.717) is 6.54 Å². The lowest BCUT2D eigenvalue weighted by atomic mass is 9.92. The summed E-state index contributed by atoms with van der Waals surface area (Å²) >= 11 is 0. The Morgan fingerprint density at radius 3 is 2.60 bits per heavy atom. The fraction of sp³-hybridized carbons (Fsp3) is 0.0800. The number of rotatable bonds is 4. The quantitative estimate of drug-likeness (QED) is 0.505. The number of benzene rings is 2. The van der Waals surface area contributed by atoms with E-state index in [4.69, 9.17) is 0 Å². The Morgan fingerprint density at radius 1 is 0.933 bits per heavy atom. The summed E-state index contributed by atoms with van der Waals surface area (Å²) in [7, 11) is 0. The first-order valence-electron chi connectivity index (χ1n) is 9.89. The number of nitrogens with one attached hydrogen (secondary N) is 2. The summed E-state index contributed by atoms with van der Waals surface area (Å²) in [6.07, 6.45) is 9.52. The summed E-state index contributed by atoms with van der Waals surface area (Å²) in [5.41, 5.74) is 5.80. The van der Waals surface area contributed by atoms with Crippen LogP contribution < -0.4 is 5.32 Å². The monoisotopic (exact) mass is 392 g/mol. The van der Waals surface area contributed by atoms with Crippen molar-refractivity contribution < 1.29 is 4.79 Å². The zero-order valence-electron chi connectivity index (χ0n) is 16.2. The molecular weight excluding hydrogens is 372 g/mol. The van der Waals surface area contributed by atoms with Crippen molar-refractivity contribution in [1.82, 2.24) is 20.5 Å². The maximum absolute atomic E-state index is 12.4. The molecular formula is C25H20N4O. The first-order chi connectivity index (χ1) is 14.8. The van der Waals surface area contributed by atoms with E-state index in [1.54, 1.807) is 12.4 Å². The van der Waals surface area contributed by atoms with Crippen molar-refractivity contribution in [3.63, 3.8) is 0 Å². The standard InChI is InChI=1S/C25H20N4O/c30-25-21(22(16-27-25)19-4-2-1-3-5-19)14-18-6-8-20-23(28-29-24(20)15-18)9-7-17-10-12-26-13-11-17/h1-15,22H,16H2,(H,27,30)(H,28,29)/b9-7+,21-14+. The summed E-state index contributed by atoms with van der Waals surface area (Å²) in [6.45, 7) is 0.630. The molecule has 0 radical (unpaired) electrons. The van der Waals surface area contributed by atoms with E-state index in [9.17, 15) is 4.79 Å². The van der Waals surface area contributed by atoms with Gasteiger partial charge >= 0.3 is 0 Å². The molecule has 0 saturated carbocycles. The molecule has 5 heteroatoms. The van der Waals surface area contributed by atoms with Crippen molar-refractivity contribution in [3.05, 3.63) is 101 Å². The first kappa shape index (κ1) is 18.1. The summed E-state index contributed by atoms with van der Waals surface area (Å²) in [5, 5.41) is 11.5. The highest BCUT2D eigenvalue weighted by molar-refractivity contribution is 6.02. The Hall–Kier alpha value is -3.99. The summed E-state index contributed by atoms with van der Waals surface area (Å²) in [4.78, 5) is 16.5. The number of H-pyrrole nitrogens is 1. The molecule has 146 valence electrons. The molecule has 4 aromatic rings. The number of fused-ring (bicyclic) bond motifs is 1. The smallest absolute Gasteiger partial charge is 0.247 e. The van der Waals surface area contributed by atoms with Crippen molar-refractivity contribution in [2.24, 2.45) is 0 Å². The van der Waals surface area contributed by atoms with Crippen LogP contribution in [0.1, 0.15) is 28.3 Å². The lowest BCUT2D eigenvalue weighted by molar-refractivity contribution is -0.116. The zero-order valence-corrected chi connectivity index (χ0v) is 16.2. The van der Waals surface area contributed by atoms with E-state index in [2.05, 4.69) is 32.6 Å². The van der Waals surface area contributed by atoms with E-state index in [0.717, 1.165) is 38.9 Å². The summed E-state index contributed by atoms with van der Waals surface area (Å²) in [5.74, 6) is 0.0598. The van der Waals surface area contributed by atoms with Gasteiger partial charge in [0.05, 0.1) is 11.2 Å². The second kappa shape index (κ2) is 7.79. The molecule has 5 nitrogen and oxygen atoms in total. The number of hydrogen-bond donors (Lipinski definition) is 2. The predicted octanol–water partition coefficient (Wildman–Crippen LogP) is 4.43. The van der Waals surface area contributed by atoms with Gasteiger partial charge in [-0.2, -0.15) is 5.10 Å². The third-order valence-electron chi connectivity index (χ3n) is 5.38. The van der Waals surface area contributed by atoms with Gasteiger partial charge in [-0.15, -0.1) is 0 Å². The minimum atomic E-state index is -0.00506. The number of aromatic amines is 1. The molecule has 2 aromatic heterocycles. The van der Waals surface area contributed by atoms with Crippen LogP contribution in [0.4, 0.5) is 0 Å². The third kappa shape index (κ3) is 3.53. The highest BCUT2D eigenvalue weighted by atomic mass is 16.2. The first-order valence-corrected chi connectivity index (χ1v) is 9.89. The number of nitrogens with zero attached hydrogens (tertiary/aromatic N) is 2. The molecule has 5 rings (SSSR count). The average Bonchev–Trinajstić information content (AvgIpc) is 3.37. The van der Waals surface area contributed by atoms with Gasteiger partial charge in [-0.25, -0.2) is 0 Å². The van der Waals surface area contributed by atoms with Gasteiger partial charge in [0.15, 0.2) is 0 Å². The van der Waals surface area contributed by atoms with Gasteiger partial charge < -0.3 is 5.32 Å². The zero-order chi connectivity index (χ0) is 20.3. The van der Waals surface area contributed by atoms with E-state index in [1.165, 1.54) is 0 Å². The normalized spacial score (nSPS) is 17.8. The predicted molar refractivity (Wildman–Crippen MR) is 119 cm³/mol. The van der Waals surface area contributed by atoms with Gasteiger partial charge in [-0.3, -0.25) is 14.9 Å². The van der Waals surface area contributed by atoms with Crippen LogP contribution >= 0.6 is 0 Å². The lowest BCUT2D eigenvalue weighted by Crippen LogP contribution is -2.14. The molecule has 2 aromatic carbocycles. The van der Waals surface area contributed by atoms with Crippen molar-refractivity contribution in [3.8, 4) is 0 Å². The van der Waals surface area contributed by atoms with Crippen molar-refractivity contribution >= 4 is 35.0 Å². The summed E-state index contributed by atoms with van der Waals surface area (Å²) < 4.78 is 0. The van der Waals surface area contributed by atoms with E-state index >= 15 is 0 Å². The minimum absolute atomic E-state index is 0.00506. The number of carbonyl (C=O) groups excluding carboxylic acids is 1. The number of hydrogen-bond acceptors (Lipinski definition) is 3. The van der Waals surface area contributed by atoms with Crippen molar-refractivity contribution in [1.29, 1.82) is 0 Å². The second-order valence-electron chi connectivity index (χ2n) is 7.30.